The molecule has 1 aromatic heterocycles. The number of carbonyl (C=O) groups is 3. The van der Waals surface area contributed by atoms with Gasteiger partial charge in [0.1, 0.15) is 6.04 Å². The van der Waals surface area contributed by atoms with Crippen molar-refractivity contribution in [2.75, 3.05) is 13.2 Å². The van der Waals surface area contributed by atoms with E-state index in [0.717, 1.165) is 21.4 Å². The van der Waals surface area contributed by atoms with Gasteiger partial charge in [-0.05, 0) is 24.0 Å². The molecule has 1 aliphatic rings. The molecule has 1 saturated heterocycles. The van der Waals surface area contributed by atoms with Crippen molar-refractivity contribution in [2.24, 2.45) is 5.92 Å². The van der Waals surface area contributed by atoms with Crippen molar-refractivity contribution in [3.8, 4) is 0 Å². The van der Waals surface area contributed by atoms with Gasteiger partial charge in [0, 0.05) is 23.6 Å². The summed E-state index contributed by atoms with van der Waals surface area (Å²) in [7, 11) is 0. The Morgan fingerprint density at radius 3 is 2.75 bits per heavy atom. The van der Waals surface area contributed by atoms with Crippen molar-refractivity contribution in [2.45, 2.75) is 38.8 Å². The van der Waals surface area contributed by atoms with Crippen LogP contribution in [0.15, 0.2) is 30.5 Å². The van der Waals surface area contributed by atoms with Gasteiger partial charge in [-0.2, -0.15) is 0 Å². The average molecular weight is 386 g/mol. The van der Waals surface area contributed by atoms with Crippen LogP contribution in [-0.2, 0) is 16.0 Å². The molecular weight excluding hydrogens is 360 g/mol. The summed E-state index contributed by atoms with van der Waals surface area (Å²) in [4.78, 5) is 41.3. The Bertz CT molecular complexity index is 876. The van der Waals surface area contributed by atoms with Gasteiger partial charge < -0.3 is 20.7 Å². The first kappa shape index (κ1) is 19.9. The summed E-state index contributed by atoms with van der Waals surface area (Å²) in [5.41, 5.74) is 2.04. The highest BCUT2D eigenvalue weighted by Gasteiger charge is 2.39. The second-order valence-corrected chi connectivity index (χ2v) is 7.41. The molecule has 150 valence electrons. The van der Waals surface area contributed by atoms with E-state index in [-0.39, 0.29) is 37.4 Å². The quantitative estimate of drug-likeness (QED) is 0.510. The van der Waals surface area contributed by atoms with E-state index in [1.165, 1.54) is 0 Å². The first-order chi connectivity index (χ1) is 13.4. The van der Waals surface area contributed by atoms with Crippen molar-refractivity contribution in [1.82, 2.24) is 20.5 Å². The highest BCUT2D eigenvalue weighted by atomic mass is 16.3. The number of nitrogens with zero attached hydrogens (tertiary/aromatic N) is 1. The summed E-state index contributed by atoms with van der Waals surface area (Å²) in [5.74, 6) is -0.703. The van der Waals surface area contributed by atoms with Gasteiger partial charge >= 0.3 is 6.03 Å². The zero-order valence-electron chi connectivity index (χ0n) is 16.1. The largest absolute Gasteiger partial charge is 0.394 e. The van der Waals surface area contributed by atoms with Gasteiger partial charge in [-0.3, -0.25) is 14.5 Å². The Morgan fingerprint density at radius 2 is 2.04 bits per heavy atom. The van der Waals surface area contributed by atoms with Crippen LogP contribution < -0.4 is 10.6 Å². The number of aliphatic hydroxyl groups is 1. The number of carbonyl (C=O) groups excluding carboxylic acids is 3. The summed E-state index contributed by atoms with van der Waals surface area (Å²) in [6, 6.07) is 6.12. The highest BCUT2D eigenvalue weighted by molar-refractivity contribution is 6.05. The van der Waals surface area contributed by atoms with Gasteiger partial charge in [0.2, 0.25) is 5.91 Å². The molecule has 1 fully saturated rings. The number of amides is 4. The summed E-state index contributed by atoms with van der Waals surface area (Å²) in [5, 5.41) is 15.7. The Labute approximate surface area is 163 Å². The second-order valence-electron chi connectivity index (χ2n) is 7.41. The van der Waals surface area contributed by atoms with Gasteiger partial charge in [0.05, 0.1) is 19.1 Å². The monoisotopic (exact) mass is 386 g/mol. The molecule has 1 aromatic carbocycles. The number of rotatable bonds is 8. The third-order valence-corrected chi connectivity index (χ3v) is 5.12. The molecule has 2 atom stereocenters. The number of imide groups is 1. The second kappa shape index (κ2) is 8.43. The smallest absolute Gasteiger partial charge is 0.324 e. The van der Waals surface area contributed by atoms with E-state index in [2.05, 4.69) is 15.6 Å². The number of benzene rings is 1. The van der Waals surface area contributed by atoms with Crippen LogP contribution in [0.2, 0.25) is 0 Å². The molecule has 0 radical (unpaired) electrons. The lowest BCUT2D eigenvalue weighted by Gasteiger charge is -2.20. The first-order valence-electron chi connectivity index (χ1n) is 9.47. The minimum absolute atomic E-state index is 0.0653. The highest BCUT2D eigenvalue weighted by Crippen LogP contribution is 2.19. The lowest BCUT2D eigenvalue weighted by atomic mass is 10.0. The van der Waals surface area contributed by atoms with Crippen LogP contribution in [0.1, 0.15) is 25.8 Å². The molecule has 2 aromatic rings. The fourth-order valence-electron chi connectivity index (χ4n) is 3.37. The molecule has 2 heterocycles. The van der Waals surface area contributed by atoms with Crippen molar-refractivity contribution >= 4 is 28.7 Å². The third-order valence-electron chi connectivity index (χ3n) is 5.12. The van der Waals surface area contributed by atoms with Crippen molar-refractivity contribution in [3.63, 3.8) is 0 Å². The molecule has 4 amide bonds. The van der Waals surface area contributed by atoms with Gasteiger partial charge in [-0.15, -0.1) is 0 Å². The summed E-state index contributed by atoms with van der Waals surface area (Å²) in [6.45, 7) is 3.84. The minimum Gasteiger partial charge on any atom is -0.394 e. The van der Waals surface area contributed by atoms with Gasteiger partial charge in [0.25, 0.3) is 5.91 Å². The minimum atomic E-state index is -0.873. The van der Waals surface area contributed by atoms with E-state index in [9.17, 15) is 19.5 Å². The van der Waals surface area contributed by atoms with Gasteiger partial charge in [-0.1, -0.05) is 32.0 Å². The molecule has 4 N–H and O–H groups in total. The lowest BCUT2D eigenvalue weighted by Crippen LogP contribution is -2.44. The van der Waals surface area contributed by atoms with Crippen LogP contribution in [0.4, 0.5) is 4.79 Å². The SMILES string of the molecule is CC(C)[C@H](CO)NC(=O)C[C@@H]1NC(=O)N(CCc2c[nH]c3ccccc23)C1=O. The van der Waals surface area contributed by atoms with E-state index in [1.807, 2.05) is 44.3 Å². The van der Waals surface area contributed by atoms with Gasteiger partial charge in [0.15, 0.2) is 0 Å². The molecular formula is C20H26N4O4. The Kier molecular flexibility index (Phi) is 5.99. The number of aromatic amines is 1. The fraction of sp³-hybridized carbons (Fsp3) is 0.450. The number of urea groups is 1. The molecule has 8 heteroatoms. The van der Waals surface area contributed by atoms with Crippen molar-refractivity contribution < 1.29 is 19.5 Å². The lowest BCUT2D eigenvalue weighted by molar-refractivity contribution is -0.131. The molecule has 0 unspecified atom stereocenters. The van der Waals surface area contributed by atoms with Crippen LogP contribution >= 0.6 is 0 Å². The third kappa shape index (κ3) is 4.17. The molecule has 3 rings (SSSR count). The first-order valence-corrected chi connectivity index (χ1v) is 9.47. The average Bonchev–Trinajstić information content (AvgIpc) is 3.19. The number of nitrogens with one attached hydrogen (secondary N) is 3. The standard InChI is InChI=1S/C20H26N4O4/c1-12(2)17(11-25)22-18(26)9-16-19(27)24(20(28)23-16)8-7-13-10-21-15-6-4-3-5-14(13)15/h3-6,10,12,16-17,21,25H,7-9,11H2,1-2H3,(H,22,26)(H,23,28)/t16-,17-/m0/s1. The molecule has 0 aliphatic carbocycles. The topological polar surface area (TPSA) is 115 Å². The number of fused-ring (bicyclic) bond motifs is 1. The number of aliphatic hydroxyl groups excluding tert-OH is 1. The number of hydrogen-bond donors (Lipinski definition) is 4. The summed E-state index contributed by atoms with van der Waals surface area (Å²) < 4.78 is 0. The number of H-pyrrole nitrogens is 1. The van der Waals surface area contributed by atoms with E-state index in [1.54, 1.807) is 0 Å². The predicted molar refractivity (Wildman–Crippen MR) is 105 cm³/mol. The maximum atomic E-state index is 12.6. The Balaban J connectivity index is 1.58. The summed E-state index contributed by atoms with van der Waals surface area (Å²) >= 11 is 0. The molecule has 0 saturated carbocycles. The Hall–Kier alpha value is -2.87. The molecule has 8 nitrogen and oxygen atoms in total. The van der Waals surface area contributed by atoms with Crippen LogP contribution in [-0.4, -0.2) is 58.1 Å². The maximum absolute atomic E-state index is 12.6. The number of aromatic nitrogens is 1. The van der Waals surface area contributed by atoms with Crippen molar-refractivity contribution in [3.05, 3.63) is 36.0 Å². The van der Waals surface area contributed by atoms with E-state index in [4.69, 9.17) is 0 Å². The van der Waals surface area contributed by atoms with Crippen LogP contribution in [0.5, 0.6) is 0 Å². The van der Waals surface area contributed by atoms with E-state index in [0.29, 0.717) is 6.42 Å². The van der Waals surface area contributed by atoms with Crippen LogP contribution in [0.3, 0.4) is 0 Å². The molecule has 1 aliphatic heterocycles. The zero-order valence-corrected chi connectivity index (χ0v) is 16.1. The van der Waals surface area contributed by atoms with E-state index >= 15 is 0 Å². The van der Waals surface area contributed by atoms with Gasteiger partial charge in [-0.25, -0.2) is 4.79 Å². The molecule has 0 spiro atoms. The Morgan fingerprint density at radius 1 is 1.29 bits per heavy atom. The predicted octanol–water partition coefficient (Wildman–Crippen LogP) is 1.15. The number of para-hydroxylation sites is 1. The zero-order chi connectivity index (χ0) is 20.3. The van der Waals surface area contributed by atoms with E-state index < -0.39 is 18.0 Å². The molecule has 0 bridgehead atoms. The maximum Gasteiger partial charge on any atom is 0.324 e. The fourth-order valence-corrected chi connectivity index (χ4v) is 3.37. The van der Waals surface area contributed by atoms with Crippen LogP contribution in [0.25, 0.3) is 10.9 Å². The normalized spacial score (nSPS) is 18.0. The molecule has 28 heavy (non-hydrogen) atoms. The summed E-state index contributed by atoms with van der Waals surface area (Å²) in [6.07, 6.45) is 2.27. The van der Waals surface area contributed by atoms with Crippen LogP contribution in [0, 0.1) is 5.92 Å². The van der Waals surface area contributed by atoms with Crippen molar-refractivity contribution in [1.29, 1.82) is 0 Å². The number of hydrogen-bond acceptors (Lipinski definition) is 4.